The van der Waals surface area contributed by atoms with Gasteiger partial charge in [-0.25, -0.2) is 0 Å². The highest BCUT2D eigenvalue weighted by atomic mass is 79.9. The number of carboxylic acids is 1. The molecule has 1 rings (SSSR count). The summed E-state index contributed by atoms with van der Waals surface area (Å²) >= 11 is 3.15. The van der Waals surface area contributed by atoms with Gasteiger partial charge in [0.1, 0.15) is 0 Å². The molecule has 2 N–H and O–H groups in total. The van der Waals surface area contributed by atoms with Crippen LogP contribution in [0, 0.1) is 15.5 Å². The predicted octanol–water partition coefficient (Wildman–Crippen LogP) is 3.19. The SMILES string of the molecule is CC(C)(CC(=O)O)CC(=O)Nc1ccc([N+](=O)[O-])cc1Br. The Morgan fingerprint density at radius 3 is 2.48 bits per heavy atom. The van der Waals surface area contributed by atoms with Gasteiger partial charge in [0.05, 0.1) is 17.0 Å². The van der Waals surface area contributed by atoms with E-state index in [0.29, 0.717) is 10.2 Å². The Morgan fingerprint density at radius 1 is 1.38 bits per heavy atom. The number of nitro groups is 1. The van der Waals surface area contributed by atoms with Crippen LogP contribution in [0.1, 0.15) is 26.7 Å². The number of halogens is 1. The zero-order chi connectivity index (χ0) is 16.2. The monoisotopic (exact) mass is 358 g/mol. The number of hydrogen-bond donors (Lipinski definition) is 2. The molecule has 1 aromatic rings. The third kappa shape index (κ3) is 5.50. The van der Waals surface area contributed by atoms with Crippen molar-refractivity contribution in [3.8, 4) is 0 Å². The summed E-state index contributed by atoms with van der Waals surface area (Å²) in [6.07, 6.45) is -0.0927. The first-order valence-electron chi connectivity index (χ1n) is 6.06. The van der Waals surface area contributed by atoms with E-state index in [9.17, 15) is 19.7 Å². The Hall–Kier alpha value is -1.96. The van der Waals surface area contributed by atoms with Crippen LogP contribution in [0.3, 0.4) is 0 Å². The quantitative estimate of drug-likeness (QED) is 0.599. The minimum atomic E-state index is -0.968. The zero-order valence-electron chi connectivity index (χ0n) is 11.6. The molecule has 1 amide bonds. The molecule has 21 heavy (non-hydrogen) atoms. The van der Waals surface area contributed by atoms with Gasteiger partial charge in [-0.1, -0.05) is 13.8 Å². The lowest BCUT2D eigenvalue weighted by molar-refractivity contribution is -0.384. The molecule has 114 valence electrons. The van der Waals surface area contributed by atoms with Crippen molar-refractivity contribution >= 4 is 39.2 Å². The second-order valence-corrected chi connectivity index (χ2v) is 6.24. The van der Waals surface area contributed by atoms with Gasteiger partial charge in [-0.05, 0) is 27.4 Å². The Labute approximate surface area is 129 Å². The molecule has 0 unspecified atom stereocenters. The molecular weight excluding hydrogens is 344 g/mol. The molecule has 0 aliphatic rings. The summed E-state index contributed by atoms with van der Waals surface area (Å²) in [4.78, 5) is 32.7. The smallest absolute Gasteiger partial charge is 0.303 e. The molecule has 0 aromatic heterocycles. The van der Waals surface area contributed by atoms with E-state index in [1.807, 2.05) is 0 Å². The van der Waals surface area contributed by atoms with Gasteiger partial charge in [0, 0.05) is 23.0 Å². The molecule has 0 saturated heterocycles. The number of nitro benzene ring substituents is 1. The highest BCUT2D eigenvalue weighted by molar-refractivity contribution is 9.10. The number of non-ortho nitro benzene ring substituents is 1. The molecular formula is C13H15BrN2O5. The van der Waals surface area contributed by atoms with Crippen molar-refractivity contribution in [1.82, 2.24) is 0 Å². The molecule has 7 nitrogen and oxygen atoms in total. The zero-order valence-corrected chi connectivity index (χ0v) is 13.1. The molecule has 1 aromatic carbocycles. The number of carboxylic acid groups (broad SMARTS) is 1. The van der Waals surface area contributed by atoms with E-state index in [1.54, 1.807) is 13.8 Å². The normalized spacial score (nSPS) is 11.0. The molecule has 0 aliphatic carbocycles. The minimum Gasteiger partial charge on any atom is -0.481 e. The first-order chi connectivity index (χ1) is 9.60. The van der Waals surface area contributed by atoms with Gasteiger partial charge in [-0.2, -0.15) is 0 Å². The number of carbonyl (C=O) groups excluding carboxylic acids is 1. The first-order valence-corrected chi connectivity index (χ1v) is 6.85. The van der Waals surface area contributed by atoms with Crippen LogP contribution in [0.2, 0.25) is 0 Å². The maximum atomic E-state index is 11.9. The fourth-order valence-corrected chi connectivity index (χ4v) is 2.29. The average Bonchev–Trinajstić information content (AvgIpc) is 2.28. The lowest BCUT2D eigenvalue weighted by Crippen LogP contribution is -2.24. The number of carbonyl (C=O) groups is 2. The summed E-state index contributed by atoms with van der Waals surface area (Å²) in [7, 11) is 0. The second-order valence-electron chi connectivity index (χ2n) is 5.38. The van der Waals surface area contributed by atoms with Crippen LogP contribution in [0.5, 0.6) is 0 Å². The van der Waals surface area contributed by atoms with E-state index in [1.165, 1.54) is 18.2 Å². The van der Waals surface area contributed by atoms with Crippen molar-refractivity contribution in [2.45, 2.75) is 26.7 Å². The number of benzene rings is 1. The largest absolute Gasteiger partial charge is 0.481 e. The Balaban J connectivity index is 2.75. The van der Waals surface area contributed by atoms with Crippen molar-refractivity contribution in [3.05, 3.63) is 32.8 Å². The molecule has 0 spiro atoms. The highest BCUT2D eigenvalue weighted by Crippen LogP contribution is 2.29. The van der Waals surface area contributed by atoms with Crippen molar-refractivity contribution in [2.24, 2.45) is 5.41 Å². The van der Waals surface area contributed by atoms with Gasteiger partial charge in [0.15, 0.2) is 0 Å². The molecule has 0 fully saturated rings. The summed E-state index contributed by atoms with van der Waals surface area (Å²) in [6.45, 7) is 3.37. The number of anilines is 1. The van der Waals surface area contributed by atoms with Gasteiger partial charge >= 0.3 is 5.97 Å². The minimum absolute atomic E-state index is 0.0305. The van der Waals surface area contributed by atoms with Gasteiger partial charge < -0.3 is 10.4 Å². The van der Waals surface area contributed by atoms with E-state index < -0.39 is 16.3 Å². The molecule has 0 aliphatic heterocycles. The van der Waals surface area contributed by atoms with E-state index in [2.05, 4.69) is 21.2 Å². The summed E-state index contributed by atoms with van der Waals surface area (Å²) < 4.78 is 0.390. The Morgan fingerprint density at radius 2 is 2.00 bits per heavy atom. The average molecular weight is 359 g/mol. The van der Waals surface area contributed by atoms with Crippen molar-refractivity contribution in [2.75, 3.05) is 5.32 Å². The number of hydrogen-bond acceptors (Lipinski definition) is 4. The second kappa shape index (κ2) is 6.66. The molecule has 0 atom stereocenters. The number of nitrogens with zero attached hydrogens (tertiary/aromatic N) is 1. The Bertz CT molecular complexity index is 586. The predicted molar refractivity (Wildman–Crippen MR) is 80.1 cm³/mol. The van der Waals surface area contributed by atoms with Crippen LogP contribution < -0.4 is 5.32 Å². The number of nitrogens with one attached hydrogen (secondary N) is 1. The van der Waals surface area contributed by atoms with Crippen LogP contribution in [0.25, 0.3) is 0 Å². The molecule has 0 heterocycles. The molecule has 0 saturated carbocycles. The van der Waals surface area contributed by atoms with E-state index in [0.717, 1.165) is 0 Å². The van der Waals surface area contributed by atoms with Crippen molar-refractivity contribution in [1.29, 1.82) is 0 Å². The highest BCUT2D eigenvalue weighted by Gasteiger charge is 2.25. The van der Waals surface area contributed by atoms with Crippen LogP contribution >= 0.6 is 15.9 Å². The standard InChI is InChI=1S/C13H15BrN2O5/c1-13(2,7-12(18)19)6-11(17)15-10-4-3-8(16(20)21)5-9(10)14/h3-5H,6-7H2,1-2H3,(H,15,17)(H,18,19). The van der Waals surface area contributed by atoms with Gasteiger partial charge in [-0.3, -0.25) is 19.7 Å². The maximum Gasteiger partial charge on any atom is 0.303 e. The fraction of sp³-hybridized carbons (Fsp3) is 0.385. The maximum absolute atomic E-state index is 11.9. The van der Waals surface area contributed by atoms with E-state index in [4.69, 9.17) is 5.11 Å². The third-order valence-corrected chi connectivity index (χ3v) is 3.36. The van der Waals surface area contributed by atoms with Crippen LogP contribution in [-0.4, -0.2) is 21.9 Å². The van der Waals surface area contributed by atoms with Gasteiger partial charge in [0.25, 0.3) is 5.69 Å². The van der Waals surface area contributed by atoms with Gasteiger partial charge in [0.2, 0.25) is 5.91 Å². The fourth-order valence-electron chi connectivity index (χ4n) is 1.82. The summed E-state index contributed by atoms with van der Waals surface area (Å²) in [5.74, 6) is -1.32. The summed E-state index contributed by atoms with van der Waals surface area (Å²) in [5.41, 5.74) is -0.369. The van der Waals surface area contributed by atoms with Crippen molar-refractivity contribution < 1.29 is 19.6 Å². The first kappa shape index (κ1) is 17.1. The summed E-state index contributed by atoms with van der Waals surface area (Å²) in [6, 6.07) is 3.99. The lowest BCUT2D eigenvalue weighted by atomic mass is 9.85. The van der Waals surface area contributed by atoms with Crippen LogP contribution in [0.15, 0.2) is 22.7 Å². The third-order valence-electron chi connectivity index (χ3n) is 2.71. The topological polar surface area (TPSA) is 110 Å². The number of aliphatic carboxylic acids is 1. The number of rotatable bonds is 6. The van der Waals surface area contributed by atoms with E-state index in [-0.39, 0.29) is 24.4 Å². The molecule has 8 heteroatoms. The van der Waals surface area contributed by atoms with Gasteiger partial charge in [-0.15, -0.1) is 0 Å². The van der Waals surface area contributed by atoms with Crippen LogP contribution in [0.4, 0.5) is 11.4 Å². The molecule has 0 bridgehead atoms. The van der Waals surface area contributed by atoms with Crippen LogP contribution in [-0.2, 0) is 9.59 Å². The van der Waals surface area contributed by atoms with Crippen molar-refractivity contribution in [3.63, 3.8) is 0 Å². The Kier molecular flexibility index (Phi) is 5.42. The number of amides is 1. The molecule has 0 radical (unpaired) electrons. The van der Waals surface area contributed by atoms with E-state index >= 15 is 0 Å². The summed E-state index contributed by atoms with van der Waals surface area (Å²) in [5, 5.41) is 22.0. The lowest BCUT2D eigenvalue weighted by Gasteiger charge is -2.21.